The van der Waals surface area contributed by atoms with Gasteiger partial charge in [0.05, 0.1) is 18.1 Å². The molecule has 0 aliphatic rings. The van der Waals surface area contributed by atoms with Crippen LogP contribution in [0.1, 0.15) is 5.69 Å². The van der Waals surface area contributed by atoms with Gasteiger partial charge in [0.15, 0.2) is 5.82 Å². The van der Waals surface area contributed by atoms with Crippen LogP contribution < -0.4 is 0 Å². The lowest BCUT2D eigenvalue weighted by Gasteiger charge is -2.00. The quantitative estimate of drug-likeness (QED) is 0.569. The standard InChI is InChI=1S/C7H9N3O5P/c11-16(12,13)14-4-5-3-8-7(10-5)6-1-2-9-15-6/h1-3,11-13H,4H2,(H,8,10)/q+1. The zero-order valence-electron chi connectivity index (χ0n) is 7.94. The van der Waals surface area contributed by atoms with E-state index in [1.54, 1.807) is 6.07 Å². The van der Waals surface area contributed by atoms with Crippen molar-refractivity contribution < 1.29 is 23.7 Å². The van der Waals surface area contributed by atoms with Crippen LogP contribution in [0.15, 0.2) is 23.0 Å². The lowest BCUT2D eigenvalue weighted by Crippen LogP contribution is -1.96. The number of nitrogens with one attached hydrogen (secondary N) is 1. The summed E-state index contributed by atoms with van der Waals surface area (Å²) < 4.78 is 9.26. The van der Waals surface area contributed by atoms with Gasteiger partial charge in [0.25, 0.3) is 0 Å². The fraction of sp³-hybridized carbons (Fsp3) is 0.143. The third-order valence-corrected chi connectivity index (χ3v) is 2.17. The summed E-state index contributed by atoms with van der Waals surface area (Å²) in [7, 11) is -4.22. The minimum Gasteiger partial charge on any atom is -0.353 e. The van der Waals surface area contributed by atoms with Crippen molar-refractivity contribution in [3.63, 3.8) is 0 Å². The Morgan fingerprint density at radius 2 is 2.25 bits per heavy atom. The number of imidazole rings is 1. The number of hydrogen-bond acceptors (Lipinski definition) is 7. The fourth-order valence-corrected chi connectivity index (χ4v) is 1.36. The fourth-order valence-electron chi connectivity index (χ4n) is 1.05. The van der Waals surface area contributed by atoms with E-state index < -0.39 is 8.17 Å². The Labute approximate surface area is 90.2 Å². The van der Waals surface area contributed by atoms with Gasteiger partial charge < -0.3 is 9.51 Å². The van der Waals surface area contributed by atoms with Crippen LogP contribution >= 0.6 is 8.17 Å². The summed E-state index contributed by atoms with van der Waals surface area (Å²) in [5, 5.41) is 3.51. The van der Waals surface area contributed by atoms with Crippen LogP contribution in [0.5, 0.6) is 0 Å². The summed E-state index contributed by atoms with van der Waals surface area (Å²) >= 11 is 0. The van der Waals surface area contributed by atoms with Crippen LogP contribution in [0.2, 0.25) is 0 Å². The smallest absolute Gasteiger partial charge is 0.353 e. The lowest BCUT2D eigenvalue weighted by molar-refractivity contribution is 0.151. The highest BCUT2D eigenvalue weighted by atomic mass is 31.2. The first kappa shape index (κ1) is 11.2. The number of aromatic amines is 1. The maximum absolute atomic E-state index is 8.61. The molecular weight excluding hydrogens is 237 g/mol. The van der Waals surface area contributed by atoms with Crippen molar-refractivity contribution >= 4 is 8.17 Å². The molecule has 0 aliphatic carbocycles. The average molecular weight is 246 g/mol. The summed E-state index contributed by atoms with van der Waals surface area (Å²) in [6.45, 7) is -0.196. The molecule has 2 aromatic heterocycles. The topological polar surface area (TPSA) is 125 Å². The van der Waals surface area contributed by atoms with Gasteiger partial charge in [-0.05, 0) is 0 Å². The van der Waals surface area contributed by atoms with Gasteiger partial charge in [-0.1, -0.05) is 5.16 Å². The van der Waals surface area contributed by atoms with E-state index in [4.69, 9.17) is 19.2 Å². The number of hydrogen-bond donors (Lipinski definition) is 4. The monoisotopic (exact) mass is 246 g/mol. The number of H-pyrrole nitrogens is 1. The molecule has 86 valence electrons. The first-order chi connectivity index (χ1) is 7.54. The summed E-state index contributed by atoms with van der Waals surface area (Å²) in [6, 6.07) is 1.62. The molecule has 16 heavy (non-hydrogen) atoms. The lowest BCUT2D eigenvalue weighted by atomic mass is 10.4. The molecule has 0 saturated heterocycles. The molecule has 0 aromatic carbocycles. The van der Waals surface area contributed by atoms with Crippen molar-refractivity contribution in [3.05, 3.63) is 24.2 Å². The molecule has 0 fully saturated rings. The van der Waals surface area contributed by atoms with Crippen molar-refractivity contribution in [2.45, 2.75) is 6.61 Å². The highest BCUT2D eigenvalue weighted by molar-refractivity contribution is 7.53. The Morgan fingerprint density at radius 3 is 2.88 bits per heavy atom. The minimum absolute atomic E-state index is 0.196. The second-order valence-corrected chi connectivity index (χ2v) is 4.21. The van der Waals surface area contributed by atoms with Gasteiger partial charge >= 0.3 is 8.17 Å². The molecule has 0 amide bonds. The second-order valence-electron chi connectivity index (χ2n) is 2.92. The largest absolute Gasteiger partial charge is 0.567 e. The van der Waals surface area contributed by atoms with E-state index >= 15 is 0 Å². The maximum atomic E-state index is 8.61. The van der Waals surface area contributed by atoms with Crippen molar-refractivity contribution in [2.75, 3.05) is 0 Å². The van der Waals surface area contributed by atoms with Gasteiger partial charge in [-0.15, -0.1) is 4.52 Å². The predicted molar refractivity (Wildman–Crippen MR) is 52.5 cm³/mol. The van der Waals surface area contributed by atoms with E-state index in [-0.39, 0.29) is 6.61 Å². The molecule has 8 nitrogen and oxygen atoms in total. The van der Waals surface area contributed by atoms with Gasteiger partial charge in [0, 0.05) is 6.07 Å². The van der Waals surface area contributed by atoms with E-state index in [1.807, 2.05) is 0 Å². The van der Waals surface area contributed by atoms with Gasteiger partial charge in [-0.3, -0.25) is 0 Å². The molecule has 0 aliphatic heterocycles. The summed E-state index contributed by atoms with van der Waals surface area (Å²) in [5.41, 5.74) is 0.466. The van der Waals surface area contributed by atoms with E-state index in [0.717, 1.165) is 0 Å². The molecule has 0 saturated carbocycles. The van der Waals surface area contributed by atoms with Gasteiger partial charge in [0.2, 0.25) is 5.76 Å². The molecule has 2 rings (SSSR count). The molecule has 0 radical (unpaired) electrons. The Morgan fingerprint density at radius 1 is 1.44 bits per heavy atom. The van der Waals surface area contributed by atoms with Gasteiger partial charge in [-0.25, -0.2) is 4.98 Å². The molecule has 9 heteroatoms. The highest BCUT2D eigenvalue weighted by Gasteiger charge is 2.33. The average Bonchev–Trinajstić information content (AvgIpc) is 2.84. The predicted octanol–water partition coefficient (Wildman–Crippen LogP) is 0.236. The van der Waals surface area contributed by atoms with Gasteiger partial charge in [-0.2, -0.15) is 14.7 Å². The maximum Gasteiger partial charge on any atom is 0.567 e. The minimum atomic E-state index is -4.22. The van der Waals surface area contributed by atoms with Crippen LogP contribution in [0.4, 0.5) is 0 Å². The Bertz CT molecular complexity index is 449. The number of aromatic nitrogens is 3. The van der Waals surface area contributed by atoms with Crippen molar-refractivity contribution in [1.82, 2.24) is 15.1 Å². The van der Waals surface area contributed by atoms with Crippen LogP contribution in [0.3, 0.4) is 0 Å². The highest BCUT2D eigenvalue weighted by Crippen LogP contribution is 2.46. The second kappa shape index (κ2) is 4.28. The van der Waals surface area contributed by atoms with E-state index in [2.05, 4.69) is 19.6 Å². The molecule has 0 spiro atoms. The normalized spacial score (nSPS) is 11.9. The molecule has 0 atom stereocenters. The van der Waals surface area contributed by atoms with Crippen molar-refractivity contribution in [1.29, 1.82) is 0 Å². The van der Waals surface area contributed by atoms with Crippen LogP contribution in [0, 0.1) is 0 Å². The van der Waals surface area contributed by atoms with Crippen LogP contribution in [0.25, 0.3) is 11.6 Å². The summed E-state index contributed by atoms with van der Waals surface area (Å²) in [6.07, 6.45) is 2.90. The SMILES string of the molecule is O[P+](O)(O)OCc1cnc(-c2ccno2)[nH]1. The molecule has 2 heterocycles. The van der Waals surface area contributed by atoms with E-state index in [9.17, 15) is 0 Å². The first-order valence-electron chi connectivity index (χ1n) is 4.21. The molecular formula is C7H9N3O5P+. The van der Waals surface area contributed by atoms with Crippen LogP contribution in [-0.2, 0) is 11.1 Å². The van der Waals surface area contributed by atoms with Crippen molar-refractivity contribution in [2.24, 2.45) is 0 Å². The van der Waals surface area contributed by atoms with E-state index in [0.29, 0.717) is 17.3 Å². The molecule has 2 aromatic rings. The summed E-state index contributed by atoms with van der Waals surface area (Å²) in [4.78, 5) is 32.6. The van der Waals surface area contributed by atoms with Crippen molar-refractivity contribution in [3.8, 4) is 11.6 Å². The third kappa shape index (κ3) is 2.84. The number of rotatable bonds is 4. The van der Waals surface area contributed by atoms with Gasteiger partial charge in [0.1, 0.15) is 6.61 Å². The zero-order chi connectivity index (χ0) is 11.6. The number of nitrogens with zero attached hydrogens (tertiary/aromatic N) is 2. The van der Waals surface area contributed by atoms with E-state index in [1.165, 1.54) is 12.4 Å². The Hall–Kier alpha value is -1.31. The zero-order valence-corrected chi connectivity index (χ0v) is 8.83. The molecule has 0 unspecified atom stereocenters. The first-order valence-corrected chi connectivity index (χ1v) is 5.78. The Kier molecular flexibility index (Phi) is 2.99. The molecule has 0 bridgehead atoms. The summed E-state index contributed by atoms with van der Waals surface area (Å²) in [5.74, 6) is 0.887. The van der Waals surface area contributed by atoms with Crippen LogP contribution in [-0.4, -0.2) is 29.8 Å². The Balaban J connectivity index is 2.03. The molecule has 4 N–H and O–H groups in total. The third-order valence-electron chi connectivity index (χ3n) is 1.69.